The molecule has 0 aliphatic carbocycles. The van der Waals surface area contributed by atoms with E-state index in [2.05, 4.69) is 19.1 Å². The van der Waals surface area contributed by atoms with E-state index >= 15 is 0 Å². The van der Waals surface area contributed by atoms with Crippen LogP contribution in [0.3, 0.4) is 0 Å². The summed E-state index contributed by atoms with van der Waals surface area (Å²) < 4.78 is 26.2. The van der Waals surface area contributed by atoms with Crippen molar-refractivity contribution in [2.75, 3.05) is 12.9 Å². The lowest BCUT2D eigenvalue weighted by Crippen LogP contribution is -2.04. The molecule has 1 unspecified atom stereocenters. The second-order valence-corrected chi connectivity index (χ2v) is 8.29. The molecule has 0 heterocycles. The van der Waals surface area contributed by atoms with Gasteiger partial charge in [0.05, 0.1) is 19.0 Å². The standard InChI is InChI=1S/C19H38O4S/c1-3-4-5-13-16-19(20)17-14-11-9-7-6-8-10-12-15-18-23-24(2,21)22/h11,14,19-20H,3-10,12-13,15-18H2,1-2H3. The highest BCUT2D eigenvalue weighted by atomic mass is 32.2. The van der Waals surface area contributed by atoms with Gasteiger partial charge in [-0.3, -0.25) is 4.18 Å². The highest BCUT2D eigenvalue weighted by Crippen LogP contribution is 2.10. The first-order valence-electron chi connectivity index (χ1n) is 9.63. The van der Waals surface area contributed by atoms with Crippen LogP contribution in [0.5, 0.6) is 0 Å². The number of hydrogen-bond donors (Lipinski definition) is 1. The van der Waals surface area contributed by atoms with Crippen molar-refractivity contribution in [1.29, 1.82) is 0 Å². The van der Waals surface area contributed by atoms with Crippen LogP contribution in [-0.2, 0) is 14.3 Å². The lowest BCUT2D eigenvalue weighted by molar-refractivity contribution is 0.163. The first-order valence-corrected chi connectivity index (χ1v) is 11.4. The van der Waals surface area contributed by atoms with Gasteiger partial charge in [0.15, 0.2) is 0 Å². The SMILES string of the molecule is CCCCCCC(O)CC=CCCCCCCCCOS(C)(=O)=O. The van der Waals surface area contributed by atoms with Gasteiger partial charge in [-0.2, -0.15) is 8.42 Å². The quantitative estimate of drug-likeness (QED) is 0.225. The van der Waals surface area contributed by atoms with Crippen LogP contribution < -0.4 is 0 Å². The molecule has 0 spiro atoms. The molecule has 0 rings (SSSR count). The molecule has 0 aliphatic rings. The number of hydrogen-bond acceptors (Lipinski definition) is 4. The van der Waals surface area contributed by atoms with Gasteiger partial charge in [-0.25, -0.2) is 0 Å². The Labute approximate surface area is 149 Å². The van der Waals surface area contributed by atoms with Gasteiger partial charge in [-0.1, -0.05) is 70.4 Å². The van der Waals surface area contributed by atoms with Crippen LogP contribution in [0.25, 0.3) is 0 Å². The molecule has 0 radical (unpaired) electrons. The van der Waals surface area contributed by atoms with Gasteiger partial charge in [-0.15, -0.1) is 0 Å². The van der Waals surface area contributed by atoms with E-state index in [9.17, 15) is 13.5 Å². The largest absolute Gasteiger partial charge is 0.393 e. The fraction of sp³-hybridized carbons (Fsp3) is 0.895. The first kappa shape index (κ1) is 23.6. The molecule has 0 aromatic rings. The van der Waals surface area contributed by atoms with Crippen molar-refractivity contribution in [2.45, 2.75) is 96.5 Å². The van der Waals surface area contributed by atoms with Crippen LogP contribution in [0.2, 0.25) is 0 Å². The van der Waals surface area contributed by atoms with Crippen molar-refractivity contribution >= 4 is 10.1 Å². The summed E-state index contributed by atoms with van der Waals surface area (Å²) in [6.07, 6.45) is 19.4. The molecule has 1 atom stereocenters. The Kier molecular flexibility index (Phi) is 15.8. The third-order valence-corrected chi connectivity index (χ3v) is 4.62. The summed E-state index contributed by atoms with van der Waals surface area (Å²) in [5.74, 6) is 0. The van der Waals surface area contributed by atoms with E-state index in [0.717, 1.165) is 51.2 Å². The molecule has 144 valence electrons. The zero-order valence-electron chi connectivity index (χ0n) is 15.7. The van der Waals surface area contributed by atoms with Crippen LogP contribution in [-0.4, -0.2) is 32.5 Å². The summed E-state index contributed by atoms with van der Waals surface area (Å²) in [4.78, 5) is 0. The topological polar surface area (TPSA) is 63.6 Å². The Morgan fingerprint density at radius 3 is 2.21 bits per heavy atom. The number of allylic oxidation sites excluding steroid dienone is 1. The third kappa shape index (κ3) is 19.7. The van der Waals surface area contributed by atoms with Gasteiger partial charge in [0, 0.05) is 0 Å². The maximum Gasteiger partial charge on any atom is 0.264 e. The molecule has 0 bridgehead atoms. The Bertz CT molecular complexity index is 390. The minimum atomic E-state index is -3.27. The van der Waals surface area contributed by atoms with E-state index in [0.29, 0.717) is 6.61 Å². The molecule has 0 saturated heterocycles. The van der Waals surface area contributed by atoms with E-state index in [4.69, 9.17) is 4.18 Å². The van der Waals surface area contributed by atoms with Gasteiger partial charge in [0.2, 0.25) is 0 Å². The smallest absolute Gasteiger partial charge is 0.264 e. The molecular weight excluding hydrogens is 324 g/mol. The lowest BCUT2D eigenvalue weighted by atomic mass is 10.1. The molecule has 1 N–H and O–H groups in total. The summed E-state index contributed by atoms with van der Waals surface area (Å²) in [7, 11) is -3.27. The van der Waals surface area contributed by atoms with Crippen LogP contribution in [0.4, 0.5) is 0 Å². The average molecular weight is 363 g/mol. The molecule has 5 heteroatoms. The maximum absolute atomic E-state index is 10.8. The normalized spacial score (nSPS) is 13.6. The number of unbranched alkanes of at least 4 members (excludes halogenated alkanes) is 9. The van der Waals surface area contributed by atoms with Gasteiger partial charge < -0.3 is 5.11 Å². The minimum Gasteiger partial charge on any atom is -0.393 e. The van der Waals surface area contributed by atoms with Gasteiger partial charge in [0.1, 0.15) is 0 Å². The van der Waals surface area contributed by atoms with Gasteiger partial charge in [0.25, 0.3) is 10.1 Å². The second kappa shape index (κ2) is 16.1. The maximum atomic E-state index is 10.8. The van der Waals surface area contributed by atoms with E-state index in [1.807, 2.05) is 0 Å². The van der Waals surface area contributed by atoms with Crippen LogP contribution >= 0.6 is 0 Å². The van der Waals surface area contributed by atoms with Crippen molar-refractivity contribution in [3.8, 4) is 0 Å². The summed E-state index contributed by atoms with van der Waals surface area (Å²) in [6, 6.07) is 0. The summed E-state index contributed by atoms with van der Waals surface area (Å²) in [5, 5.41) is 9.84. The van der Waals surface area contributed by atoms with E-state index in [1.165, 1.54) is 38.5 Å². The van der Waals surface area contributed by atoms with Crippen molar-refractivity contribution in [3.63, 3.8) is 0 Å². The zero-order valence-corrected chi connectivity index (χ0v) is 16.5. The summed E-state index contributed by atoms with van der Waals surface area (Å²) >= 11 is 0. The van der Waals surface area contributed by atoms with Crippen LogP contribution in [0, 0.1) is 0 Å². The molecule has 0 fully saturated rings. The molecule has 4 nitrogen and oxygen atoms in total. The monoisotopic (exact) mass is 362 g/mol. The fourth-order valence-electron chi connectivity index (χ4n) is 2.58. The second-order valence-electron chi connectivity index (χ2n) is 6.65. The Balaban J connectivity index is 3.29. The zero-order chi connectivity index (χ0) is 18.1. The van der Waals surface area contributed by atoms with E-state index < -0.39 is 10.1 Å². The summed E-state index contributed by atoms with van der Waals surface area (Å²) in [6.45, 7) is 2.51. The molecule has 24 heavy (non-hydrogen) atoms. The number of aliphatic hydroxyl groups is 1. The highest BCUT2D eigenvalue weighted by Gasteiger charge is 2.01. The number of aliphatic hydroxyl groups excluding tert-OH is 1. The highest BCUT2D eigenvalue weighted by molar-refractivity contribution is 7.85. The predicted molar refractivity (Wildman–Crippen MR) is 102 cm³/mol. The lowest BCUT2D eigenvalue weighted by Gasteiger charge is -2.07. The minimum absolute atomic E-state index is 0.174. The van der Waals surface area contributed by atoms with E-state index in [1.54, 1.807) is 0 Å². The predicted octanol–water partition coefficient (Wildman–Crippen LogP) is 4.97. The Hall–Kier alpha value is -0.390. The van der Waals surface area contributed by atoms with E-state index in [-0.39, 0.29) is 6.10 Å². The average Bonchev–Trinajstić information content (AvgIpc) is 2.51. The molecule has 0 aliphatic heterocycles. The Morgan fingerprint density at radius 2 is 1.54 bits per heavy atom. The van der Waals surface area contributed by atoms with Crippen LogP contribution in [0.15, 0.2) is 12.2 Å². The molecule has 0 saturated carbocycles. The van der Waals surface area contributed by atoms with Crippen LogP contribution in [0.1, 0.15) is 90.4 Å². The van der Waals surface area contributed by atoms with Gasteiger partial charge in [-0.05, 0) is 32.1 Å². The van der Waals surface area contributed by atoms with Gasteiger partial charge >= 0.3 is 0 Å². The van der Waals surface area contributed by atoms with Crippen molar-refractivity contribution in [1.82, 2.24) is 0 Å². The van der Waals surface area contributed by atoms with Crippen molar-refractivity contribution in [2.24, 2.45) is 0 Å². The fourth-order valence-corrected chi connectivity index (χ4v) is 3.00. The molecular formula is C19H38O4S. The molecule has 0 aromatic heterocycles. The van der Waals surface area contributed by atoms with Crippen molar-refractivity contribution in [3.05, 3.63) is 12.2 Å². The molecule has 0 amide bonds. The summed E-state index contributed by atoms with van der Waals surface area (Å²) in [5.41, 5.74) is 0. The third-order valence-electron chi connectivity index (χ3n) is 4.03. The molecule has 0 aromatic carbocycles. The number of rotatable bonds is 17. The Morgan fingerprint density at radius 1 is 0.917 bits per heavy atom. The first-order chi connectivity index (χ1) is 11.5. The van der Waals surface area contributed by atoms with Crippen molar-refractivity contribution < 1.29 is 17.7 Å².